The van der Waals surface area contributed by atoms with Gasteiger partial charge >= 0.3 is 0 Å². The standard InChI is InChI=1S/C28H29N5/c1-21-4-8-23(9-5-21)25-12-13-27-30-28(24-10-6-22(18-29)7-11-24)26(33(27)19-25)20-32-15-3-14-31(2)16-17-32/h4-13,19H,3,14-17,20H2,1-2H3. The molecule has 3 heterocycles. The maximum Gasteiger partial charge on any atom is 0.137 e. The maximum atomic E-state index is 9.21. The summed E-state index contributed by atoms with van der Waals surface area (Å²) in [6.45, 7) is 7.32. The summed E-state index contributed by atoms with van der Waals surface area (Å²) in [5.41, 5.74) is 8.52. The summed E-state index contributed by atoms with van der Waals surface area (Å²) >= 11 is 0. The van der Waals surface area contributed by atoms with E-state index in [-0.39, 0.29) is 0 Å². The molecule has 0 unspecified atom stereocenters. The lowest BCUT2D eigenvalue weighted by molar-refractivity contribution is 0.266. The molecule has 5 heteroatoms. The minimum absolute atomic E-state index is 0.668. The van der Waals surface area contributed by atoms with Crippen LogP contribution < -0.4 is 0 Å². The first-order valence-corrected chi connectivity index (χ1v) is 11.6. The summed E-state index contributed by atoms with van der Waals surface area (Å²) in [4.78, 5) is 9.98. The molecule has 1 aliphatic heterocycles. The van der Waals surface area contributed by atoms with Crippen LogP contribution in [0.2, 0.25) is 0 Å². The summed E-state index contributed by atoms with van der Waals surface area (Å²) in [5.74, 6) is 0. The van der Waals surface area contributed by atoms with Crippen molar-refractivity contribution in [3.8, 4) is 28.5 Å². The highest BCUT2D eigenvalue weighted by Gasteiger charge is 2.19. The van der Waals surface area contributed by atoms with E-state index in [1.54, 1.807) is 0 Å². The first-order chi connectivity index (χ1) is 16.1. The number of aryl methyl sites for hydroxylation is 1. The molecule has 166 valence electrons. The predicted molar refractivity (Wildman–Crippen MR) is 133 cm³/mol. The Morgan fingerprint density at radius 2 is 1.58 bits per heavy atom. The monoisotopic (exact) mass is 435 g/mol. The van der Waals surface area contributed by atoms with E-state index in [4.69, 9.17) is 4.98 Å². The fraction of sp³-hybridized carbons (Fsp3) is 0.286. The van der Waals surface area contributed by atoms with Crippen molar-refractivity contribution in [1.29, 1.82) is 5.26 Å². The van der Waals surface area contributed by atoms with Crippen LogP contribution in [0.15, 0.2) is 66.9 Å². The third kappa shape index (κ3) is 4.54. The van der Waals surface area contributed by atoms with E-state index < -0.39 is 0 Å². The van der Waals surface area contributed by atoms with Gasteiger partial charge in [-0.3, -0.25) is 4.90 Å². The van der Waals surface area contributed by atoms with Crippen molar-refractivity contribution < 1.29 is 0 Å². The van der Waals surface area contributed by atoms with Gasteiger partial charge in [0.2, 0.25) is 0 Å². The number of imidazole rings is 1. The Morgan fingerprint density at radius 3 is 2.33 bits per heavy atom. The lowest BCUT2D eigenvalue weighted by atomic mass is 10.1. The summed E-state index contributed by atoms with van der Waals surface area (Å²) in [6, 6.07) is 22.9. The molecule has 4 aromatic rings. The van der Waals surface area contributed by atoms with E-state index in [1.807, 2.05) is 24.3 Å². The fourth-order valence-corrected chi connectivity index (χ4v) is 4.56. The molecule has 0 N–H and O–H groups in total. The van der Waals surface area contributed by atoms with Crippen LogP contribution in [0.4, 0.5) is 0 Å². The van der Waals surface area contributed by atoms with E-state index in [9.17, 15) is 5.26 Å². The van der Waals surface area contributed by atoms with Crippen molar-refractivity contribution in [1.82, 2.24) is 19.2 Å². The lowest BCUT2D eigenvalue weighted by Gasteiger charge is -2.21. The van der Waals surface area contributed by atoms with Crippen LogP contribution in [-0.2, 0) is 6.54 Å². The van der Waals surface area contributed by atoms with E-state index in [1.165, 1.54) is 28.8 Å². The summed E-state index contributed by atoms with van der Waals surface area (Å²) in [5, 5.41) is 9.21. The van der Waals surface area contributed by atoms with Gasteiger partial charge in [0.1, 0.15) is 5.65 Å². The van der Waals surface area contributed by atoms with Crippen LogP contribution >= 0.6 is 0 Å². The molecule has 1 saturated heterocycles. The van der Waals surface area contributed by atoms with Gasteiger partial charge in [0.05, 0.1) is 23.0 Å². The molecule has 0 amide bonds. The average molecular weight is 436 g/mol. The van der Waals surface area contributed by atoms with E-state index in [0.29, 0.717) is 5.56 Å². The zero-order valence-corrected chi connectivity index (χ0v) is 19.3. The SMILES string of the molecule is Cc1ccc(-c2ccc3nc(-c4ccc(C#N)cc4)c(CN4CCCN(C)CC4)n3c2)cc1. The number of hydrogen-bond acceptors (Lipinski definition) is 4. The molecule has 0 aliphatic carbocycles. The molecule has 1 aliphatic rings. The molecule has 0 atom stereocenters. The highest BCUT2D eigenvalue weighted by molar-refractivity contribution is 5.70. The van der Waals surface area contributed by atoms with Crippen LogP contribution in [0.3, 0.4) is 0 Å². The molecule has 0 bridgehead atoms. The topological polar surface area (TPSA) is 47.6 Å². The third-order valence-electron chi connectivity index (χ3n) is 6.58. The number of aromatic nitrogens is 2. The smallest absolute Gasteiger partial charge is 0.137 e. The Hall–Kier alpha value is -3.46. The Balaban J connectivity index is 1.60. The highest BCUT2D eigenvalue weighted by atomic mass is 15.2. The van der Waals surface area contributed by atoms with Crippen molar-refractivity contribution in [3.63, 3.8) is 0 Å². The van der Waals surface area contributed by atoms with Gasteiger partial charge in [-0.15, -0.1) is 0 Å². The first-order valence-electron chi connectivity index (χ1n) is 11.6. The number of nitrogens with zero attached hydrogens (tertiary/aromatic N) is 5. The molecule has 0 radical (unpaired) electrons. The molecule has 0 saturated carbocycles. The number of likely N-dealkylation sites (N-methyl/N-ethyl adjacent to an activating group) is 1. The summed E-state index contributed by atoms with van der Waals surface area (Å²) < 4.78 is 2.26. The van der Waals surface area contributed by atoms with E-state index >= 15 is 0 Å². The quantitative estimate of drug-likeness (QED) is 0.453. The minimum Gasteiger partial charge on any atom is -0.305 e. The molecule has 0 spiro atoms. The number of nitriles is 1. The van der Waals surface area contributed by atoms with Gasteiger partial charge in [0, 0.05) is 31.4 Å². The van der Waals surface area contributed by atoms with Crippen LogP contribution in [0.5, 0.6) is 0 Å². The van der Waals surface area contributed by atoms with Gasteiger partial charge in [-0.1, -0.05) is 42.0 Å². The van der Waals surface area contributed by atoms with Gasteiger partial charge in [-0.05, 0) is 68.9 Å². The van der Waals surface area contributed by atoms with Crippen molar-refractivity contribution in [2.24, 2.45) is 0 Å². The second kappa shape index (κ2) is 9.19. The third-order valence-corrected chi connectivity index (χ3v) is 6.58. The maximum absolute atomic E-state index is 9.21. The zero-order valence-electron chi connectivity index (χ0n) is 19.3. The van der Waals surface area contributed by atoms with Crippen LogP contribution in [-0.4, -0.2) is 52.4 Å². The molecule has 5 rings (SSSR count). The molecular formula is C28H29N5. The molecule has 5 nitrogen and oxygen atoms in total. The number of pyridine rings is 1. The first kappa shape index (κ1) is 21.4. The van der Waals surface area contributed by atoms with E-state index in [2.05, 4.69) is 76.8 Å². The van der Waals surface area contributed by atoms with E-state index in [0.717, 1.165) is 49.6 Å². The molecule has 1 fully saturated rings. The van der Waals surface area contributed by atoms with Crippen molar-refractivity contribution >= 4 is 5.65 Å². The molecule has 33 heavy (non-hydrogen) atoms. The second-order valence-corrected chi connectivity index (χ2v) is 9.04. The fourth-order valence-electron chi connectivity index (χ4n) is 4.56. The van der Waals surface area contributed by atoms with Crippen molar-refractivity contribution in [2.75, 3.05) is 33.2 Å². The minimum atomic E-state index is 0.668. The Morgan fingerprint density at radius 1 is 0.848 bits per heavy atom. The Labute approximate surface area is 195 Å². The number of rotatable bonds is 4. The number of hydrogen-bond donors (Lipinski definition) is 0. The highest BCUT2D eigenvalue weighted by Crippen LogP contribution is 2.29. The van der Waals surface area contributed by atoms with Gasteiger partial charge in [0.25, 0.3) is 0 Å². The lowest BCUT2D eigenvalue weighted by Crippen LogP contribution is -2.29. The van der Waals surface area contributed by atoms with Crippen molar-refractivity contribution in [3.05, 3.63) is 83.7 Å². The van der Waals surface area contributed by atoms with Crippen LogP contribution in [0.25, 0.3) is 28.0 Å². The zero-order chi connectivity index (χ0) is 22.8. The molecule has 2 aromatic carbocycles. The van der Waals surface area contributed by atoms with Gasteiger partial charge < -0.3 is 9.30 Å². The molecule has 2 aromatic heterocycles. The largest absolute Gasteiger partial charge is 0.305 e. The number of benzene rings is 2. The van der Waals surface area contributed by atoms with Gasteiger partial charge in [-0.2, -0.15) is 5.26 Å². The predicted octanol–water partition coefficient (Wildman–Crippen LogP) is 4.99. The van der Waals surface area contributed by atoms with Gasteiger partial charge in [0.15, 0.2) is 0 Å². The van der Waals surface area contributed by atoms with Crippen molar-refractivity contribution in [2.45, 2.75) is 19.9 Å². The van der Waals surface area contributed by atoms with Crippen LogP contribution in [0, 0.1) is 18.3 Å². The summed E-state index contributed by atoms with van der Waals surface area (Å²) in [6.07, 6.45) is 3.40. The Kier molecular flexibility index (Phi) is 5.95. The second-order valence-electron chi connectivity index (χ2n) is 9.04. The van der Waals surface area contributed by atoms with Crippen LogP contribution in [0.1, 0.15) is 23.2 Å². The average Bonchev–Trinajstić information content (AvgIpc) is 3.06. The number of fused-ring (bicyclic) bond motifs is 1. The van der Waals surface area contributed by atoms with Gasteiger partial charge in [-0.25, -0.2) is 4.98 Å². The Bertz CT molecular complexity index is 1300. The summed E-state index contributed by atoms with van der Waals surface area (Å²) in [7, 11) is 2.20. The normalized spacial score (nSPS) is 15.4. The molecular weight excluding hydrogens is 406 g/mol.